The quantitative estimate of drug-likeness (QED) is 0.515. The summed E-state index contributed by atoms with van der Waals surface area (Å²) in [6.45, 7) is 0.479. The lowest BCUT2D eigenvalue weighted by atomic mass is 10.3. The van der Waals surface area contributed by atoms with Crippen LogP contribution in [0.5, 0.6) is 0 Å². The molecule has 0 amide bonds. The molecule has 1 aromatic heterocycles. The van der Waals surface area contributed by atoms with E-state index in [1.54, 1.807) is 12.3 Å². The van der Waals surface area contributed by atoms with Crippen LogP contribution in [-0.4, -0.2) is 15.2 Å². The fourth-order valence-electron chi connectivity index (χ4n) is 0.791. The molecule has 0 saturated carbocycles. The molecule has 0 bridgehead atoms. The molecule has 0 aliphatic carbocycles. The van der Waals surface area contributed by atoms with Gasteiger partial charge in [0.1, 0.15) is 18.6 Å². The van der Waals surface area contributed by atoms with E-state index in [0.717, 1.165) is 11.4 Å². The van der Waals surface area contributed by atoms with Gasteiger partial charge in [-0.25, -0.2) is 4.98 Å². The molecule has 2 heterocycles. The molecule has 0 atom stereocenters. The Morgan fingerprint density at radius 2 is 2.50 bits per heavy atom. The summed E-state index contributed by atoms with van der Waals surface area (Å²) >= 11 is 0. The van der Waals surface area contributed by atoms with Gasteiger partial charge < -0.3 is 4.74 Å². The van der Waals surface area contributed by atoms with Gasteiger partial charge in [0.05, 0.1) is 12.0 Å². The van der Waals surface area contributed by atoms with E-state index in [9.17, 15) is 0 Å². The summed E-state index contributed by atoms with van der Waals surface area (Å²) < 4.78 is 4.97. The lowest BCUT2D eigenvalue weighted by molar-refractivity contribution is 0.228. The van der Waals surface area contributed by atoms with Crippen molar-refractivity contribution in [3.63, 3.8) is 0 Å². The summed E-state index contributed by atoms with van der Waals surface area (Å²) in [6, 6.07) is 0. The van der Waals surface area contributed by atoms with Crippen LogP contribution < -0.4 is 0 Å². The van der Waals surface area contributed by atoms with E-state index < -0.39 is 0 Å². The number of nitrogens with zero attached hydrogens (tertiary/aromatic N) is 3. The van der Waals surface area contributed by atoms with Crippen molar-refractivity contribution < 1.29 is 4.74 Å². The molecule has 0 saturated heterocycles. The summed E-state index contributed by atoms with van der Waals surface area (Å²) in [7, 11) is 0. The van der Waals surface area contributed by atoms with E-state index in [1.807, 2.05) is 0 Å². The molecule has 4 heteroatoms. The minimum atomic E-state index is 0.479. The predicted octanol–water partition coefficient (Wildman–Crippen LogP) is 0.372. The van der Waals surface area contributed by atoms with Crippen LogP contribution >= 0.6 is 0 Å². The van der Waals surface area contributed by atoms with Crippen LogP contribution in [-0.2, 0) is 11.3 Å². The standard InChI is InChI=1S/C6H5N3O/c1-2-10-3-6-5(1)7-4-8-9-6/h1-2,4H,3H2. The highest BCUT2D eigenvalue weighted by Gasteiger charge is 2.05. The highest BCUT2D eigenvalue weighted by Crippen LogP contribution is 2.09. The maximum Gasteiger partial charge on any atom is 0.138 e. The number of hydrogen-bond acceptors (Lipinski definition) is 4. The van der Waals surface area contributed by atoms with E-state index in [4.69, 9.17) is 4.74 Å². The first-order chi connectivity index (χ1) is 4.97. The Labute approximate surface area is 57.6 Å². The van der Waals surface area contributed by atoms with Crippen molar-refractivity contribution in [1.82, 2.24) is 15.2 Å². The van der Waals surface area contributed by atoms with E-state index in [0.29, 0.717) is 6.61 Å². The van der Waals surface area contributed by atoms with Gasteiger partial charge in [-0.05, 0) is 0 Å². The van der Waals surface area contributed by atoms with Crippen LogP contribution in [0.2, 0.25) is 0 Å². The van der Waals surface area contributed by atoms with Gasteiger partial charge in [-0.1, -0.05) is 0 Å². The lowest BCUT2D eigenvalue weighted by Gasteiger charge is -2.06. The molecular weight excluding hydrogens is 130 g/mol. The van der Waals surface area contributed by atoms with E-state index in [2.05, 4.69) is 15.2 Å². The monoisotopic (exact) mass is 135 g/mol. The molecule has 50 valence electrons. The molecule has 1 aliphatic heterocycles. The SMILES string of the molecule is C1=Cc2ncnnc2CO1. The van der Waals surface area contributed by atoms with Crippen molar-refractivity contribution in [1.29, 1.82) is 0 Å². The zero-order chi connectivity index (χ0) is 6.81. The number of ether oxygens (including phenoxy) is 1. The molecule has 10 heavy (non-hydrogen) atoms. The number of aromatic nitrogens is 3. The summed E-state index contributed by atoms with van der Waals surface area (Å²) in [5, 5.41) is 7.45. The Bertz CT molecular complexity index is 271. The Kier molecular flexibility index (Phi) is 1.10. The fourth-order valence-corrected chi connectivity index (χ4v) is 0.791. The fraction of sp³-hybridized carbons (Fsp3) is 0.167. The third-order valence-electron chi connectivity index (χ3n) is 1.26. The summed E-state index contributed by atoms with van der Waals surface area (Å²) in [6.07, 6.45) is 4.80. The number of fused-ring (bicyclic) bond motifs is 1. The van der Waals surface area contributed by atoms with Gasteiger partial charge in [-0.15, -0.1) is 10.2 Å². The van der Waals surface area contributed by atoms with Crippen LogP contribution in [0.1, 0.15) is 11.4 Å². The van der Waals surface area contributed by atoms with Crippen molar-refractivity contribution in [3.8, 4) is 0 Å². The summed E-state index contributed by atoms with van der Waals surface area (Å²) in [4.78, 5) is 3.98. The maximum atomic E-state index is 4.97. The average molecular weight is 135 g/mol. The Morgan fingerprint density at radius 1 is 1.50 bits per heavy atom. The van der Waals surface area contributed by atoms with Gasteiger partial charge in [-0.2, -0.15) is 0 Å². The number of rotatable bonds is 0. The van der Waals surface area contributed by atoms with Gasteiger partial charge in [0, 0.05) is 6.08 Å². The van der Waals surface area contributed by atoms with Crippen molar-refractivity contribution >= 4 is 6.08 Å². The van der Waals surface area contributed by atoms with Crippen molar-refractivity contribution in [3.05, 3.63) is 24.0 Å². The molecule has 1 aliphatic rings. The summed E-state index contributed by atoms with van der Waals surface area (Å²) in [5.74, 6) is 0. The van der Waals surface area contributed by atoms with Crippen LogP contribution in [0.15, 0.2) is 12.6 Å². The second-order valence-corrected chi connectivity index (χ2v) is 1.91. The minimum Gasteiger partial charge on any atom is -0.495 e. The lowest BCUT2D eigenvalue weighted by Crippen LogP contribution is -2.03. The molecule has 0 fully saturated rings. The molecule has 0 aromatic carbocycles. The Balaban J connectivity index is 2.54. The van der Waals surface area contributed by atoms with Crippen molar-refractivity contribution in [2.45, 2.75) is 6.61 Å². The van der Waals surface area contributed by atoms with Crippen LogP contribution in [0.3, 0.4) is 0 Å². The molecule has 0 unspecified atom stereocenters. The smallest absolute Gasteiger partial charge is 0.138 e. The Hall–Kier alpha value is -1.45. The van der Waals surface area contributed by atoms with E-state index in [-0.39, 0.29) is 0 Å². The first-order valence-corrected chi connectivity index (χ1v) is 2.91. The Morgan fingerprint density at radius 3 is 3.40 bits per heavy atom. The summed E-state index contributed by atoms with van der Waals surface area (Å²) in [5.41, 5.74) is 1.64. The molecule has 0 radical (unpaired) electrons. The van der Waals surface area contributed by atoms with Gasteiger partial charge in [-0.3, -0.25) is 0 Å². The van der Waals surface area contributed by atoms with Gasteiger partial charge in [0.25, 0.3) is 0 Å². The van der Waals surface area contributed by atoms with Crippen LogP contribution in [0.4, 0.5) is 0 Å². The molecule has 1 aromatic rings. The van der Waals surface area contributed by atoms with Gasteiger partial charge in [0.2, 0.25) is 0 Å². The topological polar surface area (TPSA) is 47.9 Å². The zero-order valence-electron chi connectivity index (χ0n) is 5.19. The first-order valence-electron chi connectivity index (χ1n) is 2.91. The average Bonchev–Trinajstić information content (AvgIpc) is 2.05. The van der Waals surface area contributed by atoms with E-state index in [1.165, 1.54) is 6.33 Å². The first kappa shape index (κ1) is 5.34. The normalized spacial score (nSPS) is 14.0. The minimum absolute atomic E-state index is 0.479. The molecule has 0 spiro atoms. The zero-order valence-corrected chi connectivity index (χ0v) is 5.19. The van der Waals surface area contributed by atoms with Gasteiger partial charge >= 0.3 is 0 Å². The second kappa shape index (κ2) is 2.06. The third-order valence-corrected chi connectivity index (χ3v) is 1.26. The van der Waals surface area contributed by atoms with E-state index >= 15 is 0 Å². The van der Waals surface area contributed by atoms with Crippen molar-refractivity contribution in [2.24, 2.45) is 0 Å². The molecule has 2 rings (SSSR count). The van der Waals surface area contributed by atoms with Crippen molar-refractivity contribution in [2.75, 3.05) is 0 Å². The number of hydrogen-bond donors (Lipinski definition) is 0. The molecule has 0 N–H and O–H groups in total. The van der Waals surface area contributed by atoms with Crippen LogP contribution in [0.25, 0.3) is 6.08 Å². The second-order valence-electron chi connectivity index (χ2n) is 1.91. The highest BCUT2D eigenvalue weighted by molar-refractivity contribution is 5.46. The van der Waals surface area contributed by atoms with Crippen LogP contribution in [0, 0.1) is 0 Å². The highest BCUT2D eigenvalue weighted by atomic mass is 16.5. The maximum absolute atomic E-state index is 4.97. The molecule has 4 nitrogen and oxygen atoms in total. The predicted molar refractivity (Wildman–Crippen MR) is 33.6 cm³/mol. The largest absolute Gasteiger partial charge is 0.495 e. The molecular formula is C6H5N3O. The van der Waals surface area contributed by atoms with Gasteiger partial charge in [0.15, 0.2) is 0 Å². The third kappa shape index (κ3) is 0.737.